The number of hydrogen-bond donors (Lipinski definition) is 3. The van der Waals surface area contributed by atoms with Gasteiger partial charge in [0.25, 0.3) is 5.91 Å². The second-order valence-electron chi connectivity index (χ2n) is 6.14. The number of aromatic amines is 1. The molecule has 3 N–H and O–H groups in total. The Balaban J connectivity index is 1.62. The van der Waals surface area contributed by atoms with E-state index in [9.17, 15) is 13.2 Å². The van der Waals surface area contributed by atoms with E-state index in [1.165, 1.54) is 31.4 Å². The fourth-order valence-corrected chi connectivity index (χ4v) is 3.89. The largest absolute Gasteiger partial charge is 0.383 e. The molecule has 0 unspecified atom stereocenters. The molecule has 1 amide bonds. The number of nitrogens with zero attached hydrogens (tertiary/aromatic N) is 2. The lowest BCUT2D eigenvalue weighted by molar-refractivity contribution is 0.0949. The van der Waals surface area contributed by atoms with Crippen molar-refractivity contribution in [1.29, 1.82) is 0 Å². The molecule has 1 aromatic carbocycles. The molecule has 0 bridgehead atoms. The maximum Gasteiger partial charge on any atom is 0.251 e. The highest BCUT2D eigenvalue weighted by molar-refractivity contribution is 7.89. The van der Waals surface area contributed by atoms with Crippen LogP contribution in [0.2, 0.25) is 0 Å². The second kappa shape index (κ2) is 8.30. The van der Waals surface area contributed by atoms with E-state index < -0.39 is 10.0 Å². The molecule has 0 saturated heterocycles. The van der Waals surface area contributed by atoms with Crippen LogP contribution in [0.3, 0.4) is 0 Å². The molecule has 0 spiro atoms. The third-order valence-corrected chi connectivity index (χ3v) is 5.89. The van der Waals surface area contributed by atoms with Crippen LogP contribution in [0.4, 0.5) is 0 Å². The van der Waals surface area contributed by atoms with Gasteiger partial charge in [-0.05, 0) is 49.3 Å². The highest BCUT2D eigenvalue weighted by Gasteiger charge is 2.27. The topological polar surface area (TPSA) is 118 Å². The molecule has 27 heavy (non-hydrogen) atoms. The number of hydrogen-bond acceptors (Lipinski definition) is 6. The van der Waals surface area contributed by atoms with E-state index in [0.717, 1.165) is 12.8 Å². The normalized spacial score (nSPS) is 14.3. The number of sulfonamides is 1. The van der Waals surface area contributed by atoms with E-state index in [-0.39, 0.29) is 30.5 Å². The van der Waals surface area contributed by atoms with Crippen molar-refractivity contribution in [1.82, 2.24) is 24.8 Å². The van der Waals surface area contributed by atoms with E-state index in [2.05, 4.69) is 20.2 Å². The third kappa shape index (κ3) is 4.80. The predicted molar refractivity (Wildman–Crippen MR) is 100 cm³/mol. The van der Waals surface area contributed by atoms with Crippen molar-refractivity contribution >= 4 is 28.1 Å². The summed E-state index contributed by atoms with van der Waals surface area (Å²) in [6.07, 6.45) is 2.12. The highest BCUT2D eigenvalue weighted by Crippen LogP contribution is 2.35. The number of nitrogens with one attached hydrogen (secondary N) is 3. The van der Waals surface area contributed by atoms with Crippen molar-refractivity contribution < 1.29 is 17.9 Å². The number of carbonyl (C=O) groups excluding carboxylic acids is 1. The van der Waals surface area contributed by atoms with Gasteiger partial charge in [0.2, 0.25) is 10.0 Å². The third-order valence-electron chi connectivity index (χ3n) is 4.12. The smallest absolute Gasteiger partial charge is 0.251 e. The Kier molecular flexibility index (Phi) is 6.05. The van der Waals surface area contributed by atoms with Gasteiger partial charge in [-0.25, -0.2) is 13.1 Å². The van der Waals surface area contributed by atoms with Crippen molar-refractivity contribution in [2.45, 2.75) is 30.3 Å². The first-order chi connectivity index (χ1) is 12.9. The highest BCUT2D eigenvalue weighted by atomic mass is 32.2. The number of amides is 1. The van der Waals surface area contributed by atoms with E-state index in [0.29, 0.717) is 22.2 Å². The molecule has 1 heterocycles. The van der Waals surface area contributed by atoms with Gasteiger partial charge in [0.05, 0.1) is 18.0 Å². The molecule has 0 atom stereocenters. The summed E-state index contributed by atoms with van der Waals surface area (Å²) in [6.45, 7) is 0.692. The van der Waals surface area contributed by atoms with Crippen molar-refractivity contribution in [2.75, 3.05) is 20.3 Å². The van der Waals surface area contributed by atoms with Crippen LogP contribution in [-0.2, 0) is 21.3 Å². The van der Waals surface area contributed by atoms with E-state index >= 15 is 0 Å². The zero-order valence-corrected chi connectivity index (χ0v) is 16.4. The minimum atomic E-state index is -3.63. The zero-order valence-electron chi connectivity index (χ0n) is 14.8. The number of H-pyrrole nitrogens is 1. The molecule has 9 nitrogen and oxygen atoms in total. The Labute approximate surface area is 162 Å². The van der Waals surface area contributed by atoms with Crippen LogP contribution in [0.5, 0.6) is 0 Å². The van der Waals surface area contributed by atoms with Crippen LogP contribution < -0.4 is 10.0 Å². The summed E-state index contributed by atoms with van der Waals surface area (Å²) in [5, 5.41) is 9.69. The monoisotopic (exact) mass is 411 g/mol. The maximum atomic E-state index is 12.3. The van der Waals surface area contributed by atoms with Gasteiger partial charge >= 0.3 is 0 Å². The van der Waals surface area contributed by atoms with Crippen LogP contribution in [0, 0.1) is 4.77 Å². The van der Waals surface area contributed by atoms with Gasteiger partial charge in [-0.1, -0.05) is 0 Å². The Morgan fingerprint density at radius 3 is 2.70 bits per heavy atom. The van der Waals surface area contributed by atoms with Crippen LogP contribution in [0.15, 0.2) is 29.2 Å². The minimum absolute atomic E-state index is 0.0878. The SMILES string of the molecule is COCCNS(=O)(=O)c1ccc(C(=O)NCc2n[nH]c(=S)n2C2CC2)cc1. The van der Waals surface area contributed by atoms with Crippen LogP contribution in [0.25, 0.3) is 0 Å². The summed E-state index contributed by atoms with van der Waals surface area (Å²) < 4.78 is 34.0. The Hall–Kier alpha value is -2.08. The number of carbonyl (C=O) groups is 1. The molecule has 1 fully saturated rings. The molecule has 1 aliphatic rings. The molecular weight excluding hydrogens is 390 g/mol. The summed E-state index contributed by atoms with van der Waals surface area (Å²) in [5.41, 5.74) is 0.359. The van der Waals surface area contributed by atoms with Crippen molar-refractivity contribution in [3.63, 3.8) is 0 Å². The van der Waals surface area contributed by atoms with Crippen molar-refractivity contribution in [2.24, 2.45) is 0 Å². The van der Waals surface area contributed by atoms with Gasteiger partial charge in [0.1, 0.15) is 0 Å². The fraction of sp³-hybridized carbons (Fsp3) is 0.438. The molecule has 1 aromatic heterocycles. The summed E-state index contributed by atoms with van der Waals surface area (Å²) >= 11 is 5.21. The molecule has 2 aromatic rings. The molecule has 11 heteroatoms. The van der Waals surface area contributed by atoms with Crippen LogP contribution in [-0.4, -0.2) is 49.4 Å². The first kappa shape index (κ1) is 19.7. The fourth-order valence-electron chi connectivity index (χ4n) is 2.58. The molecular formula is C16H21N5O4S2. The van der Waals surface area contributed by atoms with Crippen molar-refractivity contribution in [3.8, 4) is 0 Å². The van der Waals surface area contributed by atoms with E-state index in [1.807, 2.05) is 4.57 Å². The Bertz CT molecular complexity index is 961. The average molecular weight is 412 g/mol. The molecule has 3 rings (SSSR count). The van der Waals surface area contributed by atoms with Crippen LogP contribution in [0.1, 0.15) is 35.1 Å². The van der Waals surface area contributed by atoms with Gasteiger partial charge in [-0.3, -0.25) is 14.5 Å². The first-order valence-electron chi connectivity index (χ1n) is 8.45. The lowest BCUT2D eigenvalue weighted by Gasteiger charge is -2.09. The van der Waals surface area contributed by atoms with Gasteiger partial charge in [0.15, 0.2) is 10.6 Å². The Morgan fingerprint density at radius 2 is 2.07 bits per heavy atom. The number of aromatic nitrogens is 3. The zero-order chi connectivity index (χ0) is 19.4. The summed E-state index contributed by atoms with van der Waals surface area (Å²) in [6, 6.07) is 6.09. The van der Waals surface area contributed by atoms with E-state index in [1.54, 1.807) is 0 Å². The van der Waals surface area contributed by atoms with Crippen molar-refractivity contribution in [3.05, 3.63) is 40.4 Å². The molecule has 146 valence electrons. The number of benzene rings is 1. The minimum Gasteiger partial charge on any atom is -0.383 e. The van der Waals surface area contributed by atoms with E-state index in [4.69, 9.17) is 17.0 Å². The second-order valence-corrected chi connectivity index (χ2v) is 8.30. The maximum absolute atomic E-state index is 12.3. The number of rotatable bonds is 9. The standard InChI is InChI=1S/C16H21N5O4S2/c1-25-9-8-18-27(23,24)13-6-2-11(3-7-13)15(22)17-10-14-19-20-16(26)21(14)12-4-5-12/h2-3,6-7,12,18H,4-5,8-10H2,1H3,(H,17,22)(H,20,26). The van der Waals surface area contributed by atoms with Crippen LogP contribution >= 0.6 is 12.2 Å². The summed E-state index contributed by atoms with van der Waals surface area (Å²) in [4.78, 5) is 12.4. The predicted octanol–water partition coefficient (Wildman–Crippen LogP) is 1.13. The Morgan fingerprint density at radius 1 is 1.37 bits per heavy atom. The van der Waals surface area contributed by atoms with Gasteiger partial charge in [-0.15, -0.1) is 0 Å². The molecule has 1 saturated carbocycles. The number of methoxy groups -OCH3 is 1. The summed E-state index contributed by atoms with van der Waals surface area (Å²) in [5.74, 6) is 0.361. The number of ether oxygens (including phenoxy) is 1. The molecule has 0 radical (unpaired) electrons. The van der Waals surface area contributed by atoms with Gasteiger partial charge in [-0.2, -0.15) is 5.10 Å². The lowest BCUT2D eigenvalue weighted by atomic mass is 10.2. The quantitative estimate of drug-likeness (QED) is 0.421. The average Bonchev–Trinajstić information content (AvgIpc) is 3.42. The molecule has 0 aliphatic heterocycles. The first-order valence-corrected chi connectivity index (χ1v) is 10.3. The lowest BCUT2D eigenvalue weighted by Crippen LogP contribution is -2.27. The van der Waals surface area contributed by atoms with Gasteiger partial charge in [0, 0.05) is 25.3 Å². The van der Waals surface area contributed by atoms with Gasteiger partial charge < -0.3 is 10.1 Å². The summed E-state index contributed by atoms with van der Waals surface area (Å²) in [7, 11) is -2.13. The molecule has 1 aliphatic carbocycles.